The van der Waals surface area contributed by atoms with Gasteiger partial charge >= 0.3 is 0 Å². The zero-order chi connectivity index (χ0) is 19.1. The van der Waals surface area contributed by atoms with Crippen LogP contribution < -0.4 is 10.6 Å². The summed E-state index contributed by atoms with van der Waals surface area (Å²) in [5.41, 5.74) is 3.47. The van der Waals surface area contributed by atoms with Gasteiger partial charge in [-0.05, 0) is 41.0 Å². The molecule has 0 heterocycles. The molecule has 0 unspecified atom stereocenters. The first-order valence-corrected chi connectivity index (χ1v) is 8.60. The van der Waals surface area contributed by atoms with Gasteiger partial charge in [0, 0.05) is 12.1 Å². The van der Waals surface area contributed by atoms with Gasteiger partial charge in [-0.2, -0.15) is 0 Å². The summed E-state index contributed by atoms with van der Waals surface area (Å²) in [5, 5.41) is 14.6. The number of phenols is 1. The maximum atomic E-state index is 12.2. The van der Waals surface area contributed by atoms with Crippen LogP contribution in [0.2, 0.25) is 0 Å². The molecule has 0 fully saturated rings. The molecule has 27 heavy (non-hydrogen) atoms. The van der Waals surface area contributed by atoms with Gasteiger partial charge in [0.15, 0.2) is 0 Å². The molecule has 136 valence electrons. The molecule has 0 saturated carbocycles. The van der Waals surface area contributed by atoms with Crippen LogP contribution in [-0.2, 0) is 11.3 Å². The Labute approximate surface area is 157 Å². The summed E-state index contributed by atoms with van der Waals surface area (Å²) in [6.07, 6.45) is 0. The van der Waals surface area contributed by atoms with Crippen LogP contribution in [0.5, 0.6) is 5.75 Å². The molecule has 0 radical (unpaired) electrons. The van der Waals surface area contributed by atoms with E-state index in [0.29, 0.717) is 12.1 Å². The van der Waals surface area contributed by atoms with Gasteiger partial charge in [0.25, 0.3) is 5.91 Å². The largest absolute Gasteiger partial charge is 0.508 e. The molecule has 0 aliphatic carbocycles. The number of nitrogens with one attached hydrogen (secondary N) is 2. The summed E-state index contributed by atoms with van der Waals surface area (Å²) in [5.74, 6) is -0.401. The molecule has 3 N–H and O–H groups in total. The standard InChI is InChI=1S/C22H20N2O3/c25-20-12-6-16(7-13-20)14-23-21(26)15-24-22(27)19-10-8-18(9-11-19)17-4-2-1-3-5-17/h1-13,25H,14-15H2,(H,23,26)(H,24,27). The van der Waals surface area contributed by atoms with E-state index in [-0.39, 0.29) is 24.1 Å². The lowest BCUT2D eigenvalue weighted by atomic mass is 10.0. The zero-order valence-corrected chi connectivity index (χ0v) is 14.7. The number of amides is 2. The predicted octanol–water partition coefficient (Wildman–Crippen LogP) is 3.11. The summed E-state index contributed by atoms with van der Waals surface area (Å²) < 4.78 is 0. The second-order valence-corrected chi connectivity index (χ2v) is 6.07. The van der Waals surface area contributed by atoms with Crippen molar-refractivity contribution < 1.29 is 14.7 Å². The van der Waals surface area contributed by atoms with Crippen LogP contribution in [-0.4, -0.2) is 23.5 Å². The van der Waals surface area contributed by atoms with Crippen LogP contribution in [0, 0.1) is 0 Å². The average molecular weight is 360 g/mol. The van der Waals surface area contributed by atoms with Gasteiger partial charge in [0.2, 0.25) is 5.91 Å². The van der Waals surface area contributed by atoms with Gasteiger partial charge in [-0.25, -0.2) is 0 Å². The molecular weight excluding hydrogens is 340 g/mol. The maximum Gasteiger partial charge on any atom is 0.251 e. The third-order valence-corrected chi connectivity index (χ3v) is 4.09. The summed E-state index contributed by atoms with van der Waals surface area (Å²) in [7, 11) is 0. The molecule has 0 bridgehead atoms. The Bertz CT molecular complexity index is 905. The number of hydrogen-bond acceptors (Lipinski definition) is 3. The van der Waals surface area contributed by atoms with E-state index < -0.39 is 0 Å². The number of aromatic hydroxyl groups is 1. The summed E-state index contributed by atoms with van der Waals surface area (Å²) >= 11 is 0. The highest BCUT2D eigenvalue weighted by molar-refractivity contribution is 5.96. The molecule has 0 atom stereocenters. The van der Waals surface area contributed by atoms with Crippen LogP contribution in [0.3, 0.4) is 0 Å². The van der Waals surface area contributed by atoms with Crippen molar-refractivity contribution in [2.24, 2.45) is 0 Å². The smallest absolute Gasteiger partial charge is 0.251 e. The summed E-state index contributed by atoms with van der Waals surface area (Å²) in [4.78, 5) is 24.1. The first kappa shape index (κ1) is 18.2. The van der Waals surface area contributed by atoms with Crippen molar-refractivity contribution in [1.82, 2.24) is 10.6 Å². The molecule has 0 aliphatic rings. The Balaban J connectivity index is 1.48. The summed E-state index contributed by atoms with van der Waals surface area (Å²) in [6, 6.07) is 23.7. The number of rotatable bonds is 6. The first-order valence-electron chi connectivity index (χ1n) is 8.60. The number of hydrogen-bond donors (Lipinski definition) is 3. The van der Waals surface area contributed by atoms with Gasteiger partial charge in [0.1, 0.15) is 5.75 Å². The molecular formula is C22H20N2O3. The molecule has 0 aromatic heterocycles. The molecule has 0 saturated heterocycles. The molecule has 0 spiro atoms. The van der Waals surface area contributed by atoms with Crippen LogP contribution in [0.25, 0.3) is 11.1 Å². The topological polar surface area (TPSA) is 78.4 Å². The minimum Gasteiger partial charge on any atom is -0.508 e. The second kappa shape index (κ2) is 8.67. The Kier molecular flexibility index (Phi) is 5.84. The molecule has 5 nitrogen and oxygen atoms in total. The number of benzene rings is 3. The van der Waals surface area contributed by atoms with E-state index in [1.54, 1.807) is 36.4 Å². The van der Waals surface area contributed by atoms with Crippen molar-refractivity contribution in [3.63, 3.8) is 0 Å². The normalized spacial score (nSPS) is 10.2. The quantitative estimate of drug-likeness (QED) is 0.632. The van der Waals surface area contributed by atoms with Crippen LogP contribution >= 0.6 is 0 Å². The van der Waals surface area contributed by atoms with E-state index >= 15 is 0 Å². The van der Waals surface area contributed by atoms with Crippen molar-refractivity contribution in [2.75, 3.05) is 6.54 Å². The van der Waals surface area contributed by atoms with E-state index in [9.17, 15) is 14.7 Å². The Hall–Kier alpha value is -3.60. The maximum absolute atomic E-state index is 12.2. The van der Waals surface area contributed by atoms with E-state index in [1.807, 2.05) is 42.5 Å². The van der Waals surface area contributed by atoms with E-state index in [4.69, 9.17) is 0 Å². The fraction of sp³-hybridized carbons (Fsp3) is 0.0909. The predicted molar refractivity (Wildman–Crippen MR) is 104 cm³/mol. The molecule has 3 aromatic carbocycles. The third-order valence-electron chi connectivity index (χ3n) is 4.09. The lowest BCUT2D eigenvalue weighted by molar-refractivity contribution is -0.120. The van der Waals surface area contributed by atoms with Gasteiger partial charge in [-0.1, -0.05) is 54.6 Å². The van der Waals surface area contributed by atoms with E-state index in [2.05, 4.69) is 10.6 Å². The van der Waals surface area contributed by atoms with Gasteiger partial charge < -0.3 is 15.7 Å². The molecule has 5 heteroatoms. The van der Waals surface area contributed by atoms with Crippen molar-refractivity contribution in [3.05, 3.63) is 90.0 Å². The molecule has 3 aromatic rings. The summed E-state index contributed by atoms with van der Waals surface area (Å²) in [6.45, 7) is 0.234. The minimum absolute atomic E-state index is 0.0998. The molecule has 3 rings (SSSR count). The lowest BCUT2D eigenvalue weighted by Crippen LogP contribution is -2.36. The fourth-order valence-electron chi connectivity index (χ4n) is 2.58. The third kappa shape index (κ3) is 5.19. The average Bonchev–Trinajstić information content (AvgIpc) is 2.72. The highest BCUT2D eigenvalue weighted by atomic mass is 16.3. The molecule has 2 amide bonds. The first-order chi connectivity index (χ1) is 13.1. The van der Waals surface area contributed by atoms with Crippen molar-refractivity contribution in [2.45, 2.75) is 6.54 Å². The van der Waals surface area contributed by atoms with E-state index in [0.717, 1.165) is 16.7 Å². The number of carbonyl (C=O) groups excluding carboxylic acids is 2. The van der Waals surface area contributed by atoms with Gasteiger partial charge in [-0.3, -0.25) is 9.59 Å². The SMILES string of the molecule is O=C(CNC(=O)c1ccc(-c2ccccc2)cc1)NCc1ccc(O)cc1. The highest BCUT2D eigenvalue weighted by Gasteiger charge is 2.08. The Morgan fingerprint density at radius 2 is 1.37 bits per heavy atom. The second-order valence-electron chi connectivity index (χ2n) is 6.07. The molecule has 0 aliphatic heterocycles. The van der Waals surface area contributed by atoms with Crippen LogP contribution in [0.4, 0.5) is 0 Å². The van der Waals surface area contributed by atoms with Gasteiger partial charge in [0.05, 0.1) is 6.54 Å². The van der Waals surface area contributed by atoms with Crippen molar-refractivity contribution >= 4 is 11.8 Å². The van der Waals surface area contributed by atoms with Gasteiger partial charge in [-0.15, -0.1) is 0 Å². The Morgan fingerprint density at radius 1 is 0.741 bits per heavy atom. The lowest BCUT2D eigenvalue weighted by Gasteiger charge is -2.08. The Morgan fingerprint density at radius 3 is 2.04 bits per heavy atom. The van der Waals surface area contributed by atoms with Crippen molar-refractivity contribution in [1.29, 1.82) is 0 Å². The fourth-order valence-corrected chi connectivity index (χ4v) is 2.58. The number of phenolic OH excluding ortho intramolecular Hbond substituents is 1. The monoisotopic (exact) mass is 360 g/mol. The van der Waals surface area contributed by atoms with Crippen LogP contribution in [0.1, 0.15) is 15.9 Å². The highest BCUT2D eigenvalue weighted by Crippen LogP contribution is 2.19. The number of carbonyl (C=O) groups is 2. The van der Waals surface area contributed by atoms with E-state index in [1.165, 1.54) is 0 Å². The zero-order valence-electron chi connectivity index (χ0n) is 14.7. The van der Waals surface area contributed by atoms with Crippen LogP contribution in [0.15, 0.2) is 78.9 Å². The van der Waals surface area contributed by atoms with Crippen molar-refractivity contribution in [3.8, 4) is 16.9 Å². The minimum atomic E-state index is -0.297.